The SMILES string of the molecule is C=Cc1ccccc1O.CCC.Cc1cccc(N(C)C(=O)ON)c1. The minimum atomic E-state index is -0.578. The second kappa shape index (κ2) is 12.6. The van der Waals surface area contributed by atoms with Crippen molar-refractivity contribution in [3.8, 4) is 5.75 Å². The van der Waals surface area contributed by atoms with Crippen LogP contribution in [0.4, 0.5) is 10.5 Å². The first-order valence-corrected chi connectivity index (χ1v) is 8.02. The molecule has 136 valence electrons. The topological polar surface area (TPSA) is 75.8 Å². The van der Waals surface area contributed by atoms with E-state index in [2.05, 4.69) is 25.3 Å². The molecule has 2 rings (SSSR count). The summed E-state index contributed by atoms with van der Waals surface area (Å²) in [5.41, 5.74) is 2.61. The maximum atomic E-state index is 11.0. The Balaban J connectivity index is 0.000000417. The third-order valence-corrected chi connectivity index (χ3v) is 2.92. The highest BCUT2D eigenvalue weighted by atomic mass is 16.7. The highest BCUT2D eigenvalue weighted by molar-refractivity contribution is 5.86. The van der Waals surface area contributed by atoms with E-state index in [-0.39, 0.29) is 5.75 Å². The molecule has 0 saturated carbocycles. The molecule has 5 heteroatoms. The number of amides is 1. The lowest BCUT2D eigenvalue weighted by atomic mass is 10.2. The number of aromatic hydroxyl groups is 1. The zero-order chi connectivity index (χ0) is 19.2. The molecule has 1 amide bonds. The van der Waals surface area contributed by atoms with Crippen LogP contribution in [0.15, 0.2) is 55.1 Å². The van der Waals surface area contributed by atoms with Crippen molar-refractivity contribution in [3.63, 3.8) is 0 Å². The van der Waals surface area contributed by atoms with Gasteiger partial charge in [0.15, 0.2) is 0 Å². The van der Waals surface area contributed by atoms with Gasteiger partial charge < -0.3 is 9.94 Å². The number of hydrogen-bond acceptors (Lipinski definition) is 4. The van der Waals surface area contributed by atoms with Crippen molar-refractivity contribution < 1.29 is 14.7 Å². The molecule has 0 bridgehead atoms. The van der Waals surface area contributed by atoms with Crippen LogP contribution in [0.3, 0.4) is 0 Å². The molecule has 2 aromatic rings. The average Bonchev–Trinajstić information content (AvgIpc) is 2.62. The van der Waals surface area contributed by atoms with Gasteiger partial charge in [-0.3, -0.25) is 4.90 Å². The van der Waals surface area contributed by atoms with Crippen LogP contribution in [-0.2, 0) is 4.84 Å². The number of phenolic OH excluding ortho intramolecular Hbond substituents is 1. The van der Waals surface area contributed by atoms with Gasteiger partial charge >= 0.3 is 6.09 Å². The third kappa shape index (κ3) is 8.58. The van der Waals surface area contributed by atoms with Gasteiger partial charge in [-0.05, 0) is 30.7 Å². The lowest BCUT2D eigenvalue weighted by Gasteiger charge is -2.14. The number of rotatable bonds is 2. The second-order valence-corrected chi connectivity index (χ2v) is 5.25. The first-order chi connectivity index (χ1) is 11.9. The molecular formula is C20H28N2O3. The summed E-state index contributed by atoms with van der Waals surface area (Å²) in [6, 6.07) is 14.6. The molecule has 0 heterocycles. The number of anilines is 1. The van der Waals surface area contributed by atoms with Gasteiger partial charge in [0, 0.05) is 18.3 Å². The summed E-state index contributed by atoms with van der Waals surface area (Å²) in [6.45, 7) is 9.73. The van der Waals surface area contributed by atoms with E-state index in [1.165, 1.54) is 11.3 Å². The lowest BCUT2D eigenvalue weighted by Crippen LogP contribution is -2.29. The third-order valence-electron chi connectivity index (χ3n) is 2.92. The van der Waals surface area contributed by atoms with Crippen LogP contribution in [0.2, 0.25) is 0 Å². The molecule has 0 fully saturated rings. The van der Waals surface area contributed by atoms with Crippen LogP contribution in [0.5, 0.6) is 5.75 Å². The van der Waals surface area contributed by atoms with E-state index in [0.717, 1.165) is 16.8 Å². The van der Waals surface area contributed by atoms with Gasteiger partial charge in [-0.1, -0.05) is 63.3 Å². The number of hydrogen-bond donors (Lipinski definition) is 2. The average molecular weight is 344 g/mol. The molecule has 2 aromatic carbocycles. The van der Waals surface area contributed by atoms with E-state index in [1.54, 1.807) is 25.3 Å². The van der Waals surface area contributed by atoms with E-state index in [0.29, 0.717) is 0 Å². The first kappa shape index (κ1) is 22.2. The summed E-state index contributed by atoms with van der Waals surface area (Å²) in [4.78, 5) is 16.4. The van der Waals surface area contributed by atoms with Crippen LogP contribution >= 0.6 is 0 Å². The number of carbonyl (C=O) groups excluding carboxylic acids is 1. The summed E-state index contributed by atoms with van der Waals surface area (Å²) in [5, 5.41) is 9.04. The number of nitrogens with two attached hydrogens (primary N) is 1. The summed E-state index contributed by atoms with van der Waals surface area (Å²) in [7, 11) is 1.60. The van der Waals surface area contributed by atoms with E-state index >= 15 is 0 Å². The Morgan fingerprint density at radius 2 is 1.84 bits per heavy atom. The van der Waals surface area contributed by atoms with Crippen molar-refractivity contribution in [3.05, 3.63) is 66.2 Å². The van der Waals surface area contributed by atoms with Gasteiger partial charge in [0.05, 0.1) is 0 Å². The number of nitrogens with zero attached hydrogens (tertiary/aromatic N) is 1. The van der Waals surface area contributed by atoms with Crippen LogP contribution in [0.1, 0.15) is 31.4 Å². The van der Waals surface area contributed by atoms with Gasteiger partial charge in [-0.25, -0.2) is 4.79 Å². The lowest BCUT2D eigenvalue weighted by molar-refractivity contribution is 0.157. The number of para-hydroxylation sites is 1. The molecule has 0 saturated heterocycles. The molecule has 25 heavy (non-hydrogen) atoms. The predicted octanol–water partition coefficient (Wildman–Crippen LogP) is 4.89. The summed E-state index contributed by atoms with van der Waals surface area (Å²) >= 11 is 0. The zero-order valence-electron chi connectivity index (χ0n) is 15.4. The smallest absolute Gasteiger partial charge is 0.432 e. The Bertz CT molecular complexity index is 657. The molecule has 0 radical (unpaired) electrons. The molecule has 0 aliphatic heterocycles. The maximum absolute atomic E-state index is 11.0. The molecule has 0 aliphatic rings. The summed E-state index contributed by atoms with van der Waals surface area (Å²) in [6.07, 6.45) is 2.29. The molecule has 0 atom stereocenters. The monoisotopic (exact) mass is 344 g/mol. The Kier molecular flexibility index (Phi) is 11.2. The standard InChI is InChI=1S/C9H12N2O2.C8H8O.C3H8/c1-7-4-3-5-8(6-7)11(2)9(12)13-10;1-2-7-5-3-4-6-8(7)9;1-3-2/h3-6H,10H2,1-2H3;2-6,9H,1H2;3H2,1-2H3. The van der Waals surface area contributed by atoms with E-state index in [9.17, 15) is 4.79 Å². The quantitative estimate of drug-likeness (QED) is 0.760. The van der Waals surface area contributed by atoms with Crippen LogP contribution in [0.25, 0.3) is 6.08 Å². The molecule has 0 spiro atoms. The van der Waals surface area contributed by atoms with Crippen LogP contribution in [0, 0.1) is 6.92 Å². The Hall–Kier alpha value is -2.79. The van der Waals surface area contributed by atoms with E-state index in [1.807, 2.05) is 43.3 Å². The van der Waals surface area contributed by atoms with Crippen molar-refractivity contribution in [2.45, 2.75) is 27.2 Å². The van der Waals surface area contributed by atoms with Crippen molar-refractivity contribution >= 4 is 17.9 Å². The van der Waals surface area contributed by atoms with Gasteiger partial charge in [-0.15, -0.1) is 0 Å². The highest BCUT2D eigenvalue weighted by Gasteiger charge is 2.10. The van der Waals surface area contributed by atoms with Crippen molar-refractivity contribution in [1.29, 1.82) is 0 Å². The largest absolute Gasteiger partial charge is 0.507 e. The second-order valence-electron chi connectivity index (χ2n) is 5.25. The van der Waals surface area contributed by atoms with Crippen molar-refractivity contribution in [2.75, 3.05) is 11.9 Å². The Labute approximate surface area is 150 Å². The Morgan fingerprint density at radius 1 is 1.24 bits per heavy atom. The van der Waals surface area contributed by atoms with Gasteiger partial charge in [0.1, 0.15) is 5.75 Å². The number of phenols is 1. The van der Waals surface area contributed by atoms with Crippen LogP contribution < -0.4 is 10.8 Å². The fraction of sp³-hybridized carbons (Fsp3) is 0.250. The minimum Gasteiger partial charge on any atom is -0.507 e. The minimum absolute atomic E-state index is 0.285. The molecule has 0 unspecified atom stereocenters. The van der Waals surface area contributed by atoms with Gasteiger partial charge in [0.25, 0.3) is 0 Å². The van der Waals surface area contributed by atoms with E-state index < -0.39 is 6.09 Å². The van der Waals surface area contributed by atoms with E-state index in [4.69, 9.17) is 11.0 Å². The first-order valence-electron chi connectivity index (χ1n) is 8.02. The molecule has 0 aromatic heterocycles. The van der Waals surface area contributed by atoms with Crippen LogP contribution in [-0.4, -0.2) is 18.2 Å². The number of benzene rings is 2. The normalized spacial score (nSPS) is 8.84. The zero-order valence-corrected chi connectivity index (χ0v) is 15.4. The maximum Gasteiger partial charge on any atom is 0.432 e. The highest BCUT2D eigenvalue weighted by Crippen LogP contribution is 2.15. The predicted molar refractivity (Wildman–Crippen MR) is 104 cm³/mol. The molecular weight excluding hydrogens is 316 g/mol. The van der Waals surface area contributed by atoms with Crippen molar-refractivity contribution in [2.24, 2.45) is 5.90 Å². The molecule has 0 aliphatic carbocycles. The summed E-state index contributed by atoms with van der Waals surface area (Å²) in [5.74, 6) is 5.04. The number of carbonyl (C=O) groups is 1. The molecule has 3 N–H and O–H groups in total. The summed E-state index contributed by atoms with van der Waals surface area (Å²) < 4.78 is 0. The molecule has 5 nitrogen and oxygen atoms in total. The van der Waals surface area contributed by atoms with Crippen molar-refractivity contribution in [1.82, 2.24) is 0 Å². The fourth-order valence-electron chi connectivity index (χ4n) is 1.68. The number of aryl methyl sites for hydroxylation is 1. The van der Waals surface area contributed by atoms with Gasteiger partial charge in [-0.2, -0.15) is 5.90 Å². The fourth-order valence-corrected chi connectivity index (χ4v) is 1.68. The Morgan fingerprint density at radius 3 is 2.28 bits per heavy atom. The van der Waals surface area contributed by atoms with Gasteiger partial charge in [0.2, 0.25) is 0 Å².